The van der Waals surface area contributed by atoms with Crippen molar-refractivity contribution in [2.45, 2.75) is 32.1 Å². The predicted octanol–water partition coefficient (Wildman–Crippen LogP) is 17.5. The van der Waals surface area contributed by atoms with E-state index in [4.69, 9.17) is 18.6 Å². The molecule has 0 N–H and O–H groups in total. The Morgan fingerprint density at radius 1 is 0.211 bits per heavy atom. The first kappa shape index (κ1) is 67.8. The summed E-state index contributed by atoms with van der Waals surface area (Å²) < 4.78 is 81.0. The fraction of sp³-hybridized carbons (Fsp3) is 0.0864. The zero-order valence-electron chi connectivity index (χ0n) is 52.9. The van der Waals surface area contributed by atoms with Crippen LogP contribution in [0.15, 0.2) is 383 Å². The van der Waals surface area contributed by atoms with E-state index in [1.54, 1.807) is 6.21 Å². The molecule has 0 radical (unpaired) electrons. The van der Waals surface area contributed by atoms with E-state index in [-0.39, 0.29) is 0 Å². The molecule has 12 aromatic carbocycles. The molecule has 0 aliphatic carbocycles. The van der Waals surface area contributed by atoms with Crippen LogP contribution >= 0.6 is 43.3 Å². The summed E-state index contributed by atoms with van der Waals surface area (Å²) in [6.45, 7) is 0. The summed E-state index contributed by atoms with van der Waals surface area (Å²) in [5.74, 6) is 0. The Morgan fingerprint density at radius 3 is 0.674 bits per heavy atom. The van der Waals surface area contributed by atoms with Gasteiger partial charge < -0.3 is 0 Å². The van der Waals surface area contributed by atoms with Crippen molar-refractivity contribution in [1.29, 1.82) is 0 Å². The van der Waals surface area contributed by atoms with Crippen LogP contribution in [-0.4, -0.2) is 24.8 Å². The molecule has 95 heavy (non-hydrogen) atoms. The van der Waals surface area contributed by atoms with E-state index in [1.807, 2.05) is 297 Å². The maximum atomic E-state index is 15.5. The van der Waals surface area contributed by atoms with Crippen LogP contribution in [0.1, 0.15) is 32.1 Å². The summed E-state index contributed by atoms with van der Waals surface area (Å²) in [6, 6.07) is 118. The number of rotatable bonds is 25. The first-order chi connectivity index (χ1) is 46.6. The third-order valence-electron chi connectivity index (χ3n) is 16.5. The van der Waals surface area contributed by atoms with Gasteiger partial charge >= 0.3 is 0 Å². The van der Waals surface area contributed by atoms with Gasteiger partial charge in [0, 0.05) is 75.1 Å². The van der Waals surface area contributed by atoms with Crippen LogP contribution in [0.25, 0.3) is 0 Å². The average molecular weight is 1360 g/mol. The lowest BCUT2D eigenvalue weighted by atomic mass is 10.2. The van der Waals surface area contributed by atoms with Gasteiger partial charge in [-0.25, -0.2) is 18.6 Å². The Morgan fingerprint density at radius 2 is 0.411 bits per heavy atom. The molecular formula is C81H76N4O4P6. The highest BCUT2D eigenvalue weighted by Gasteiger charge is 2.36. The molecule has 0 unspecified atom stereocenters. The highest BCUT2D eigenvalue weighted by atomic mass is 31.2. The maximum absolute atomic E-state index is 15.5. The van der Waals surface area contributed by atoms with Gasteiger partial charge in [0.15, 0.2) is 0 Å². The van der Waals surface area contributed by atoms with Crippen LogP contribution < -0.4 is 63.7 Å². The average Bonchev–Trinajstić information content (AvgIpc) is 0.769. The van der Waals surface area contributed by atoms with Gasteiger partial charge in [-0.05, 0) is 144 Å². The molecule has 0 aliphatic rings. The normalized spacial score (nSPS) is 12.2. The van der Waals surface area contributed by atoms with Crippen LogP contribution in [0, 0.1) is 0 Å². The molecule has 14 heteroatoms. The molecule has 0 saturated heterocycles. The standard InChI is InChI=1S/C43H43N2O2P3.C38H33N2O2P3/c46-49(40-28-14-6-15-29-40,41-30-16-7-17-31-41)44-36-22-2-1-3-23-37-48(38-24-10-4-11-25-38,39-26-12-5-13-27-39)45-50(47,42-32-18-8-19-33-42)43-34-20-9-21-35-43;41-44(35-23-11-3-12-24-35,36-25-13-4-14-26-36)39-31-32-43(33-19-7-1-8-20-33,34-21-9-2-10-22-34)40-45(42,37-27-15-5-16-28-37)38-29-17-6-18-30-38/h4-21,24-36H,1-3,22-23,37H2;1-31H,32H2. The molecule has 0 atom stereocenters. The monoisotopic (exact) mass is 1350 g/mol. The van der Waals surface area contributed by atoms with Gasteiger partial charge in [-0.15, -0.1) is 0 Å². The second-order valence-electron chi connectivity index (χ2n) is 22.8. The zero-order chi connectivity index (χ0) is 65.5. The number of nitrogens with zero attached hydrogens (tertiary/aromatic N) is 4. The summed E-state index contributed by atoms with van der Waals surface area (Å²) in [7, 11) is -18.7. The molecule has 0 heterocycles. The molecule has 0 aliphatic heterocycles. The second kappa shape index (κ2) is 32.7. The van der Waals surface area contributed by atoms with Crippen molar-refractivity contribution >= 4 is 119 Å². The molecule has 8 nitrogen and oxygen atoms in total. The molecule has 0 saturated carbocycles. The highest BCUT2D eigenvalue weighted by Crippen LogP contribution is 2.62. The maximum Gasteiger partial charge on any atom is 0.247 e. The first-order valence-electron chi connectivity index (χ1n) is 32.0. The van der Waals surface area contributed by atoms with Crippen molar-refractivity contribution in [3.05, 3.63) is 364 Å². The Labute approximate surface area is 561 Å². The molecule has 0 amide bonds. The third kappa shape index (κ3) is 16.0. The van der Waals surface area contributed by atoms with Crippen LogP contribution in [-0.2, 0) is 18.3 Å². The lowest BCUT2D eigenvalue weighted by Gasteiger charge is -2.29. The van der Waals surface area contributed by atoms with Gasteiger partial charge in [0.05, 0.1) is 0 Å². The molecule has 12 rings (SSSR count). The minimum Gasteiger partial charge on any atom is -0.288 e. The summed E-state index contributed by atoms with van der Waals surface area (Å²) >= 11 is 0. The molecule has 0 bridgehead atoms. The molecule has 0 aromatic heterocycles. The number of unbranched alkanes of at least 4 members (excludes halogenated alkanes) is 4. The van der Waals surface area contributed by atoms with E-state index in [1.165, 1.54) is 0 Å². The van der Waals surface area contributed by atoms with E-state index >= 15 is 9.13 Å². The molecule has 0 fully saturated rings. The quantitative estimate of drug-likeness (QED) is 0.0322. The number of hydrogen-bond acceptors (Lipinski definition) is 4. The minimum atomic E-state index is -3.53. The van der Waals surface area contributed by atoms with Gasteiger partial charge in [0.2, 0.25) is 29.2 Å². The van der Waals surface area contributed by atoms with E-state index < -0.39 is 43.3 Å². The van der Waals surface area contributed by atoms with E-state index in [2.05, 4.69) is 72.8 Å². The van der Waals surface area contributed by atoms with Gasteiger partial charge in [-0.1, -0.05) is 280 Å². The third-order valence-corrected chi connectivity index (χ3v) is 36.2. The predicted molar refractivity (Wildman–Crippen MR) is 412 cm³/mol. The van der Waals surface area contributed by atoms with E-state index in [0.29, 0.717) is 27.4 Å². The topological polar surface area (TPSA) is 118 Å². The van der Waals surface area contributed by atoms with E-state index in [0.717, 1.165) is 80.7 Å². The lowest BCUT2D eigenvalue weighted by Crippen LogP contribution is -2.22. The Bertz CT molecular complexity index is 4480. The minimum absolute atomic E-state index is 0.342. The SMILES string of the molecule is O=P(N=CCCCCCCP(=NP(=O)(c1ccccc1)c1ccccc1)(c1ccccc1)c1ccccc1)(c1ccccc1)c1ccccc1.O=P(N=CCP(=NP(=O)(c1ccccc1)c1ccccc1)(c1ccccc1)c1ccccc1)(c1ccccc1)c1ccccc1. The van der Waals surface area contributed by atoms with Crippen LogP contribution in [0.2, 0.25) is 0 Å². The summed E-state index contributed by atoms with van der Waals surface area (Å²) in [4.78, 5) is 0. The molecule has 474 valence electrons. The smallest absolute Gasteiger partial charge is 0.247 e. The van der Waals surface area contributed by atoms with Crippen molar-refractivity contribution < 1.29 is 18.3 Å². The van der Waals surface area contributed by atoms with Crippen molar-refractivity contribution in [2.24, 2.45) is 18.6 Å². The van der Waals surface area contributed by atoms with Crippen LogP contribution in [0.4, 0.5) is 0 Å². The molecular weight excluding hydrogens is 1280 g/mol. The van der Waals surface area contributed by atoms with Crippen molar-refractivity contribution in [2.75, 3.05) is 12.3 Å². The van der Waals surface area contributed by atoms with Crippen molar-refractivity contribution in [3.63, 3.8) is 0 Å². The zero-order valence-corrected chi connectivity index (χ0v) is 58.2. The number of hydrogen-bond donors (Lipinski definition) is 0. The van der Waals surface area contributed by atoms with Gasteiger partial charge in [-0.2, -0.15) is 0 Å². The van der Waals surface area contributed by atoms with Crippen molar-refractivity contribution in [1.82, 2.24) is 0 Å². The summed E-state index contributed by atoms with van der Waals surface area (Å²) in [5.41, 5.74) is 0. The summed E-state index contributed by atoms with van der Waals surface area (Å²) in [5, 5.41) is 9.90. The summed E-state index contributed by atoms with van der Waals surface area (Å²) in [6.07, 6.45) is 9.43. The highest BCUT2D eigenvalue weighted by molar-refractivity contribution is 7.90. The van der Waals surface area contributed by atoms with Crippen molar-refractivity contribution in [3.8, 4) is 0 Å². The van der Waals surface area contributed by atoms with Gasteiger partial charge in [0.25, 0.3) is 0 Å². The molecule has 0 spiro atoms. The Kier molecular flexibility index (Phi) is 23.3. The Hall–Kier alpha value is -8.64. The lowest BCUT2D eigenvalue weighted by molar-refractivity contribution is 0.587. The Balaban J connectivity index is 0.000000194. The van der Waals surface area contributed by atoms with Crippen LogP contribution in [0.5, 0.6) is 0 Å². The second-order valence-corrected chi connectivity index (χ2v) is 39.3. The largest absolute Gasteiger partial charge is 0.288 e. The van der Waals surface area contributed by atoms with Crippen LogP contribution in [0.3, 0.4) is 0 Å². The first-order valence-corrected chi connectivity index (χ1v) is 42.5. The van der Waals surface area contributed by atoms with Gasteiger partial charge in [0.1, 0.15) is 0 Å². The van der Waals surface area contributed by atoms with Gasteiger partial charge in [-0.3, -0.25) is 18.3 Å². The number of benzene rings is 12. The fourth-order valence-electron chi connectivity index (χ4n) is 11.7. The van der Waals surface area contributed by atoms with E-state index in [9.17, 15) is 9.13 Å². The fourth-order valence-corrected chi connectivity index (χ4v) is 31.4. The molecule has 12 aromatic rings.